The second-order valence-electron chi connectivity index (χ2n) is 3.93. The van der Waals surface area contributed by atoms with Crippen molar-refractivity contribution in [3.63, 3.8) is 0 Å². The molecule has 0 saturated heterocycles. The van der Waals surface area contributed by atoms with Gasteiger partial charge in [-0.2, -0.15) is 0 Å². The van der Waals surface area contributed by atoms with Crippen LogP contribution in [0.5, 0.6) is 11.6 Å². The highest BCUT2D eigenvalue weighted by atomic mass is 32.1. The first-order valence-electron chi connectivity index (χ1n) is 5.54. The van der Waals surface area contributed by atoms with Crippen molar-refractivity contribution < 1.29 is 4.74 Å². The summed E-state index contributed by atoms with van der Waals surface area (Å²) in [5.74, 6) is 1.27. The van der Waals surface area contributed by atoms with Gasteiger partial charge < -0.3 is 4.74 Å². The Bertz CT molecular complexity index is 694. The van der Waals surface area contributed by atoms with Crippen LogP contribution in [0.4, 0.5) is 0 Å². The van der Waals surface area contributed by atoms with Crippen LogP contribution in [0.2, 0.25) is 0 Å². The summed E-state index contributed by atoms with van der Waals surface area (Å²) >= 11 is 1.66. The average molecular weight is 257 g/mol. The van der Waals surface area contributed by atoms with E-state index in [1.165, 1.54) is 16.8 Å². The molecule has 0 bridgehead atoms. The molecule has 18 heavy (non-hydrogen) atoms. The van der Waals surface area contributed by atoms with Gasteiger partial charge in [0.15, 0.2) is 0 Å². The first kappa shape index (κ1) is 11.1. The highest BCUT2D eigenvalue weighted by Crippen LogP contribution is 2.35. The topological polar surface area (TPSA) is 47.9 Å². The lowest BCUT2D eigenvalue weighted by molar-refractivity contribution is 0.466. The summed E-state index contributed by atoms with van der Waals surface area (Å²) in [6.07, 6.45) is 4.91. The summed E-state index contributed by atoms with van der Waals surface area (Å²) in [7, 11) is 0. The zero-order chi connectivity index (χ0) is 12.5. The van der Waals surface area contributed by atoms with Gasteiger partial charge in [0.25, 0.3) is 0 Å². The molecular weight excluding hydrogens is 246 g/mol. The number of aryl methyl sites for hydroxylation is 2. The number of thiophene rings is 1. The van der Waals surface area contributed by atoms with Crippen LogP contribution in [0, 0.1) is 13.8 Å². The molecule has 90 valence electrons. The minimum atomic E-state index is 0.592. The largest absolute Gasteiger partial charge is 0.437 e. The van der Waals surface area contributed by atoms with Crippen molar-refractivity contribution in [3.05, 3.63) is 41.3 Å². The first-order valence-corrected chi connectivity index (χ1v) is 6.36. The van der Waals surface area contributed by atoms with Crippen molar-refractivity contribution in [2.75, 3.05) is 0 Å². The Morgan fingerprint density at radius 1 is 1.22 bits per heavy atom. The summed E-state index contributed by atoms with van der Waals surface area (Å²) in [5, 5.41) is 0.990. The van der Waals surface area contributed by atoms with Crippen LogP contribution in [-0.2, 0) is 0 Å². The zero-order valence-electron chi connectivity index (χ0n) is 10.0. The fraction of sp³-hybridized carbons (Fsp3) is 0.154. The van der Waals surface area contributed by atoms with Crippen molar-refractivity contribution in [2.45, 2.75) is 13.8 Å². The van der Waals surface area contributed by atoms with Gasteiger partial charge in [-0.1, -0.05) is 0 Å². The fourth-order valence-corrected chi connectivity index (χ4v) is 2.73. The van der Waals surface area contributed by atoms with Crippen LogP contribution in [-0.4, -0.2) is 15.0 Å². The highest BCUT2D eigenvalue weighted by Gasteiger charge is 2.13. The van der Waals surface area contributed by atoms with Crippen LogP contribution in [0.3, 0.4) is 0 Å². The molecule has 3 heterocycles. The molecule has 0 aliphatic carbocycles. The van der Waals surface area contributed by atoms with E-state index in [4.69, 9.17) is 4.74 Å². The van der Waals surface area contributed by atoms with Crippen LogP contribution in [0.15, 0.2) is 30.9 Å². The number of ether oxygens (including phenoxy) is 1. The monoisotopic (exact) mass is 257 g/mol. The maximum Gasteiger partial charge on any atom is 0.231 e. The second kappa shape index (κ2) is 4.34. The molecule has 3 aromatic heterocycles. The third kappa shape index (κ3) is 1.82. The molecule has 3 rings (SSSR count). The number of fused-ring (bicyclic) bond motifs is 1. The SMILES string of the molecule is Cc1sc2ncnc(Oc3cccnc3)c2c1C. The van der Waals surface area contributed by atoms with Crippen molar-refractivity contribution in [1.82, 2.24) is 15.0 Å². The molecule has 5 heteroatoms. The normalized spacial score (nSPS) is 10.8. The number of pyridine rings is 1. The molecule has 0 aliphatic rings. The van der Waals surface area contributed by atoms with E-state index in [1.54, 1.807) is 23.7 Å². The van der Waals surface area contributed by atoms with E-state index in [-0.39, 0.29) is 0 Å². The first-order chi connectivity index (χ1) is 8.75. The van der Waals surface area contributed by atoms with Gasteiger partial charge in [0, 0.05) is 11.1 Å². The summed E-state index contributed by atoms with van der Waals surface area (Å²) < 4.78 is 5.78. The molecule has 0 spiro atoms. The third-order valence-electron chi connectivity index (χ3n) is 2.78. The molecule has 0 N–H and O–H groups in total. The van der Waals surface area contributed by atoms with Crippen LogP contribution in [0.25, 0.3) is 10.2 Å². The van der Waals surface area contributed by atoms with E-state index in [2.05, 4.69) is 28.8 Å². The minimum absolute atomic E-state index is 0.592. The van der Waals surface area contributed by atoms with Crippen LogP contribution >= 0.6 is 11.3 Å². The number of aromatic nitrogens is 3. The quantitative estimate of drug-likeness (QED) is 0.705. The van der Waals surface area contributed by atoms with Gasteiger partial charge in [-0.25, -0.2) is 9.97 Å². The molecular formula is C13H11N3OS. The van der Waals surface area contributed by atoms with Crippen LogP contribution < -0.4 is 4.74 Å². The molecule has 0 aromatic carbocycles. The summed E-state index contributed by atoms with van der Waals surface area (Å²) in [5.41, 5.74) is 1.18. The molecule has 0 unspecified atom stereocenters. The van der Waals surface area contributed by atoms with Crippen molar-refractivity contribution in [3.8, 4) is 11.6 Å². The van der Waals surface area contributed by atoms with E-state index in [0.717, 1.165) is 10.2 Å². The predicted octanol–water partition coefficient (Wildman–Crippen LogP) is 3.50. The molecule has 0 amide bonds. The van der Waals surface area contributed by atoms with Gasteiger partial charge >= 0.3 is 0 Å². The molecule has 4 nitrogen and oxygen atoms in total. The zero-order valence-corrected chi connectivity index (χ0v) is 10.9. The second-order valence-corrected chi connectivity index (χ2v) is 5.14. The van der Waals surface area contributed by atoms with Gasteiger partial charge in [-0.15, -0.1) is 11.3 Å². The Morgan fingerprint density at radius 3 is 2.89 bits per heavy atom. The van der Waals surface area contributed by atoms with Crippen LogP contribution in [0.1, 0.15) is 10.4 Å². The molecule has 0 radical (unpaired) electrons. The minimum Gasteiger partial charge on any atom is -0.437 e. The average Bonchev–Trinajstić information content (AvgIpc) is 2.67. The maximum absolute atomic E-state index is 5.78. The Labute approximate surface area is 108 Å². The van der Waals surface area contributed by atoms with E-state index < -0.39 is 0 Å². The van der Waals surface area contributed by atoms with Crippen molar-refractivity contribution in [2.24, 2.45) is 0 Å². The molecule has 3 aromatic rings. The third-order valence-corrected chi connectivity index (χ3v) is 3.89. The van der Waals surface area contributed by atoms with Crippen molar-refractivity contribution >= 4 is 21.6 Å². The summed E-state index contributed by atoms with van der Waals surface area (Å²) in [6.45, 7) is 4.14. The lowest BCUT2D eigenvalue weighted by atomic mass is 10.2. The highest BCUT2D eigenvalue weighted by molar-refractivity contribution is 7.18. The summed E-state index contributed by atoms with van der Waals surface area (Å²) in [6, 6.07) is 3.69. The van der Waals surface area contributed by atoms with Gasteiger partial charge in [-0.05, 0) is 31.5 Å². The molecule has 0 atom stereocenters. The molecule has 0 aliphatic heterocycles. The van der Waals surface area contributed by atoms with Gasteiger partial charge in [0.2, 0.25) is 5.88 Å². The Kier molecular flexibility index (Phi) is 2.68. The Morgan fingerprint density at radius 2 is 2.11 bits per heavy atom. The van der Waals surface area contributed by atoms with E-state index in [9.17, 15) is 0 Å². The number of hydrogen-bond donors (Lipinski definition) is 0. The van der Waals surface area contributed by atoms with E-state index in [0.29, 0.717) is 11.6 Å². The lowest BCUT2D eigenvalue weighted by Gasteiger charge is -2.05. The Hall–Kier alpha value is -2.01. The standard InChI is InChI=1S/C13H11N3OS/c1-8-9(2)18-13-11(8)12(15-7-16-13)17-10-4-3-5-14-6-10/h3-7H,1-2H3. The van der Waals surface area contributed by atoms with E-state index in [1.807, 2.05) is 12.1 Å². The molecule has 0 saturated carbocycles. The number of rotatable bonds is 2. The Balaban J connectivity index is 2.12. The van der Waals surface area contributed by atoms with Gasteiger partial charge in [-0.3, -0.25) is 4.98 Å². The van der Waals surface area contributed by atoms with Crippen molar-refractivity contribution in [1.29, 1.82) is 0 Å². The fourth-order valence-electron chi connectivity index (χ4n) is 1.75. The predicted molar refractivity (Wildman–Crippen MR) is 71.2 cm³/mol. The number of hydrogen-bond acceptors (Lipinski definition) is 5. The summed E-state index contributed by atoms with van der Waals surface area (Å²) in [4.78, 5) is 14.7. The van der Waals surface area contributed by atoms with E-state index >= 15 is 0 Å². The van der Waals surface area contributed by atoms with Gasteiger partial charge in [0.05, 0.1) is 11.6 Å². The lowest BCUT2D eigenvalue weighted by Crippen LogP contribution is -1.90. The molecule has 0 fully saturated rings. The maximum atomic E-state index is 5.78. The smallest absolute Gasteiger partial charge is 0.231 e. The number of nitrogens with zero attached hydrogens (tertiary/aromatic N) is 3. The van der Waals surface area contributed by atoms with Gasteiger partial charge in [0.1, 0.15) is 16.9 Å².